The number of aliphatic hydroxyl groups excluding tert-OH is 1. The van der Waals surface area contributed by atoms with Crippen molar-refractivity contribution in [2.75, 3.05) is 18.5 Å². The second-order valence-electron chi connectivity index (χ2n) is 7.59. The third-order valence-corrected chi connectivity index (χ3v) is 5.07. The quantitative estimate of drug-likeness (QED) is 0.619. The van der Waals surface area contributed by atoms with Gasteiger partial charge in [0.15, 0.2) is 0 Å². The number of hydrogen-bond acceptors (Lipinski definition) is 6. The fourth-order valence-electron chi connectivity index (χ4n) is 3.29. The first-order valence-electron chi connectivity index (χ1n) is 8.95. The Morgan fingerprint density at radius 1 is 1.46 bits per heavy atom. The standard InChI is InChI=1S/C19H21ClN6O2/c1-19(2,9-27)24-18(28)12-7-21-17-16(12)23-13(8-22-17)15-11-5-4-10(20)6-14(11)26(3)25-15/h4-6,8,12,27H,7,9H2,1-3H3,(H,21,22)(H,24,28). The largest absolute Gasteiger partial charge is 0.394 e. The number of rotatable bonds is 4. The van der Waals surface area contributed by atoms with Gasteiger partial charge in [-0.1, -0.05) is 11.6 Å². The normalized spacial score (nSPS) is 16.1. The summed E-state index contributed by atoms with van der Waals surface area (Å²) in [4.78, 5) is 21.9. The average molecular weight is 401 g/mol. The van der Waals surface area contributed by atoms with E-state index in [0.717, 1.165) is 10.9 Å². The van der Waals surface area contributed by atoms with Crippen LogP contribution < -0.4 is 10.6 Å². The summed E-state index contributed by atoms with van der Waals surface area (Å²) in [6.45, 7) is 3.79. The Hall–Kier alpha value is -2.71. The van der Waals surface area contributed by atoms with Gasteiger partial charge in [0, 0.05) is 24.0 Å². The molecule has 1 aromatic carbocycles. The molecule has 0 saturated carbocycles. The lowest BCUT2D eigenvalue weighted by Gasteiger charge is -2.25. The van der Waals surface area contributed by atoms with Gasteiger partial charge in [-0.05, 0) is 32.0 Å². The van der Waals surface area contributed by atoms with Crippen LogP contribution in [0.1, 0.15) is 25.5 Å². The smallest absolute Gasteiger partial charge is 0.231 e. The summed E-state index contributed by atoms with van der Waals surface area (Å²) in [5.41, 5.74) is 2.04. The van der Waals surface area contributed by atoms with Crippen molar-refractivity contribution in [3.05, 3.63) is 35.1 Å². The van der Waals surface area contributed by atoms with Gasteiger partial charge >= 0.3 is 0 Å². The number of nitrogens with zero attached hydrogens (tertiary/aromatic N) is 4. The Kier molecular flexibility index (Phi) is 4.47. The van der Waals surface area contributed by atoms with Crippen LogP contribution in [0.4, 0.5) is 5.82 Å². The van der Waals surface area contributed by atoms with E-state index in [1.165, 1.54) is 0 Å². The summed E-state index contributed by atoms with van der Waals surface area (Å²) in [6, 6.07) is 5.56. The number of carbonyl (C=O) groups is 1. The van der Waals surface area contributed by atoms with Crippen molar-refractivity contribution >= 4 is 34.2 Å². The number of benzene rings is 1. The van der Waals surface area contributed by atoms with Gasteiger partial charge in [0.1, 0.15) is 23.1 Å². The molecule has 1 aliphatic heterocycles. The number of aromatic nitrogens is 4. The van der Waals surface area contributed by atoms with E-state index in [0.29, 0.717) is 34.5 Å². The summed E-state index contributed by atoms with van der Waals surface area (Å²) in [6.07, 6.45) is 1.65. The third kappa shape index (κ3) is 3.18. The molecule has 0 aliphatic carbocycles. The number of nitrogens with one attached hydrogen (secondary N) is 2. The van der Waals surface area contributed by atoms with E-state index in [-0.39, 0.29) is 12.5 Å². The molecule has 1 amide bonds. The van der Waals surface area contributed by atoms with Crippen LogP contribution in [0.2, 0.25) is 5.02 Å². The van der Waals surface area contributed by atoms with Gasteiger partial charge < -0.3 is 15.7 Å². The monoisotopic (exact) mass is 400 g/mol. The SMILES string of the molecule is Cn1nc(-c2cnc3c(n2)C(C(=O)NC(C)(C)CO)CN3)c2ccc(Cl)cc21. The Bertz CT molecular complexity index is 1080. The Labute approximate surface area is 166 Å². The summed E-state index contributed by atoms with van der Waals surface area (Å²) in [5.74, 6) is -0.0962. The molecule has 0 bridgehead atoms. The van der Waals surface area contributed by atoms with Gasteiger partial charge in [-0.3, -0.25) is 9.48 Å². The van der Waals surface area contributed by atoms with Crippen molar-refractivity contribution in [1.29, 1.82) is 0 Å². The number of aryl methyl sites for hydroxylation is 1. The molecule has 1 aliphatic rings. The lowest BCUT2D eigenvalue weighted by atomic mass is 10.0. The average Bonchev–Trinajstić information content (AvgIpc) is 3.22. The summed E-state index contributed by atoms with van der Waals surface area (Å²) >= 11 is 6.10. The molecule has 28 heavy (non-hydrogen) atoms. The van der Waals surface area contributed by atoms with E-state index in [4.69, 9.17) is 16.6 Å². The molecule has 9 heteroatoms. The Morgan fingerprint density at radius 2 is 2.25 bits per heavy atom. The minimum absolute atomic E-state index is 0.153. The van der Waals surface area contributed by atoms with Crippen LogP contribution in [-0.4, -0.2) is 49.5 Å². The van der Waals surface area contributed by atoms with Crippen LogP contribution in [0.25, 0.3) is 22.3 Å². The molecule has 0 radical (unpaired) electrons. The number of fused-ring (bicyclic) bond motifs is 2. The lowest BCUT2D eigenvalue weighted by Crippen LogP contribution is -2.48. The molecule has 3 N–H and O–H groups in total. The van der Waals surface area contributed by atoms with Crippen molar-refractivity contribution in [1.82, 2.24) is 25.1 Å². The molecule has 1 atom stereocenters. The highest BCUT2D eigenvalue weighted by molar-refractivity contribution is 6.31. The summed E-state index contributed by atoms with van der Waals surface area (Å²) < 4.78 is 1.75. The van der Waals surface area contributed by atoms with Crippen molar-refractivity contribution in [2.24, 2.45) is 7.05 Å². The molecular formula is C19H21ClN6O2. The molecular weight excluding hydrogens is 380 g/mol. The van der Waals surface area contributed by atoms with Crippen LogP contribution >= 0.6 is 11.6 Å². The van der Waals surface area contributed by atoms with E-state index in [1.54, 1.807) is 24.7 Å². The number of aliphatic hydroxyl groups is 1. The molecule has 4 rings (SSSR count). The maximum Gasteiger partial charge on any atom is 0.231 e. The van der Waals surface area contributed by atoms with Gasteiger partial charge in [0.25, 0.3) is 0 Å². The van der Waals surface area contributed by atoms with Gasteiger partial charge in [-0.2, -0.15) is 5.10 Å². The number of hydrogen-bond donors (Lipinski definition) is 3. The zero-order valence-electron chi connectivity index (χ0n) is 15.8. The van der Waals surface area contributed by atoms with E-state index in [1.807, 2.05) is 25.2 Å². The molecule has 0 fully saturated rings. The second-order valence-corrected chi connectivity index (χ2v) is 8.02. The molecule has 2 aromatic heterocycles. The summed E-state index contributed by atoms with van der Waals surface area (Å²) in [7, 11) is 1.84. The molecule has 0 spiro atoms. The van der Waals surface area contributed by atoms with Gasteiger partial charge in [-0.15, -0.1) is 0 Å². The minimum atomic E-state index is -0.707. The Balaban J connectivity index is 1.73. The zero-order chi connectivity index (χ0) is 20.1. The molecule has 3 aromatic rings. The van der Waals surface area contributed by atoms with Crippen molar-refractivity contribution in [3.8, 4) is 11.4 Å². The molecule has 3 heterocycles. The topological polar surface area (TPSA) is 105 Å². The molecule has 146 valence electrons. The van der Waals surface area contributed by atoms with Crippen LogP contribution in [0, 0.1) is 0 Å². The fraction of sp³-hybridized carbons (Fsp3) is 0.368. The highest BCUT2D eigenvalue weighted by atomic mass is 35.5. The number of halogens is 1. The van der Waals surface area contributed by atoms with E-state index < -0.39 is 11.5 Å². The van der Waals surface area contributed by atoms with Gasteiger partial charge in [0.2, 0.25) is 5.91 Å². The third-order valence-electron chi connectivity index (χ3n) is 4.83. The van der Waals surface area contributed by atoms with E-state index in [2.05, 4.69) is 20.7 Å². The van der Waals surface area contributed by atoms with Gasteiger partial charge in [-0.25, -0.2) is 9.97 Å². The van der Waals surface area contributed by atoms with Gasteiger partial charge in [0.05, 0.1) is 29.6 Å². The van der Waals surface area contributed by atoms with Crippen molar-refractivity contribution in [3.63, 3.8) is 0 Å². The fourth-order valence-corrected chi connectivity index (χ4v) is 3.46. The first kappa shape index (κ1) is 18.6. The number of anilines is 1. The number of carbonyl (C=O) groups excluding carboxylic acids is 1. The van der Waals surface area contributed by atoms with E-state index >= 15 is 0 Å². The maximum atomic E-state index is 12.7. The maximum absolute atomic E-state index is 12.7. The van der Waals surface area contributed by atoms with Crippen LogP contribution in [0.5, 0.6) is 0 Å². The lowest BCUT2D eigenvalue weighted by molar-refractivity contribution is -0.124. The summed E-state index contributed by atoms with van der Waals surface area (Å²) in [5, 5.41) is 21.5. The predicted octanol–water partition coefficient (Wildman–Crippen LogP) is 2.08. The highest BCUT2D eigenvalue weighted by Crippen LogP contribution is 2.33. The highest BCUT2D eigenvalue weighted by Gasteiger charge is 2.34. The zero-order valence-corrected chi connectivity index (χ0v) is 16.6. The number of amides is 1. The second kappa shape index (κ2) is 6.72. The first-order chi connectivity index (χ1) is 13.3. The van der Waals surface area contributed by atoms with Crippen molar-refractivity contribution < 1.29 is 9.90 Å². The predicted molar refractivity (Wildman–Crippen MR) is 107 cm³/mol. The van der Waals surface area contributed by atoms with Crippen LogP contribution in [0.3, 0.4) is 0 Å². The van der Waals surface area contributed by atoms with E-state index in [9.17, 15) is 9.90 Å². The van der Waals surface area contributed by atoms with Crippen LogP contribution in [-0.2, 0) is 11.8 Å². The van der Waals surface area contributed by atoms with Crippen LogP contribution in [0.15, 0.2) is 24.4 Å². The Morgan fingerprint density at radius 3 is 3.00 bits per heavy atom. The first-order valence-corrected chi connectivity index (χ1v) is 9.33. The molecule has 8 nitrogen and oxygen atoms in total. The minimum Gasteiger partial charge on any atom is -0.394 e. The molecule has 0 saturated heterocycles. The molecule has 1 unspecified atom stereocenters. The van der Waals surface area contributed by atoms with Crippen molar-refractivity contribution in [2.45, 2.75) is 25.3 Å².